The molecule has 6 heteroatoms. The summed E-state index contributed by atoms with van der Waals surface area (Å²) in [4.78, 5) is 14.6. The van der Waals surface area contributed by atoms with E-state index in [0.717, 1.165) is 21.3 Å². The summed E-state index contributed by atoms with van der Waals surface area (Å²) in [5.41, 5.74) is 3.17. The van der Waals surface area contributed by atoms with Gasteiger partial charge < -0.3 is 14.9 Å². The molecule has 1 fully saturated rings. The topological polar surface area (TPSA) is 67.6 Å². The fourth-order valence-electron chi connectivity index (χ4n) is 2.87. The van der Waals surface area contributed by atoms with Crippen molar-refractivity contribution in [2.24, 2.45) is 0 Å². The number of carboxylic acid groups (broad SMARTS) is 1. The Hall–Kier alpha value is -2.34. The van der Waals surface area contributed by atoms with E-state index < -0.39 is 6.09 Å². The first-order valence-electron chi connectivity index (χ1n) is 7.73. The van der Waals surface area contributed by atoms with Crippen molar-refractivity contribution in [3.8, 4) is 0 Å². The number of halogens is 1. The van der Waals surface area contributed by atoms with Crippen LogP contribution in [0, 0.1) is 5.41 Å². The van der Waals surface area contributed by atoms with Gasteiger partial charge in [-0.1, -0.05) is 46.3 Å². The van der Waals surface area contributed by atoms with Gasteiger partial charge >= 0.3 is 6.09 Å². The molecule has 24 heavy (non-hydrogen) atoms. The van der Waals surface area contributed by atoms with Gasteiger partial charge in [0.25, 0.3) is 0 Å². The third kappa shape index (κ3) is 3.43. The van der Waals surface area contributed by atoms with E-state index in [2.05, 4.69) is 20.8 Å². The fourth-order valence-corrected chi connectivity index (χ4v) is 3.14. The number of para-hydroxylation sites is 1. The summed E-state index contributed by atoms with van der Waals surface area (Å²) in [5, 5.41) is 17.6. The average Bonchev–Trinajstić information content (AvgIpc) is 2.62. The van der Waals surface area contributed by atoms with Gasteiger partial charge in [-0.05, 0) is 18.2 Å². The molecule has 2 N–H and O–H groups in total. The number of hydrogen-bond acceptors (Lipinski definition) is 3. The summed E-state index contributed by atoms with van der Waals surface area (Å²) in [6, 6.07) is 15.5. The van der Waals surface area contributed by atoms with Crippen LogP contribution in [0.5, 0.6) is 0 Å². The highest BCUT2D eigenvalue weighted by Crippen LogP contribution is 2.25. The first-order chi connectivity index (χ1) is 11.6. The van der Waals surface area contributed by atoms with Crippen molar-refractivity contribution in [2.45, 2.75) is 0 Å². The fraction of sp³-hybridized carbons (Fsp3) is 0.222. The Balaban J connectivity index is 1.85. The Morgan fingerprint density at radius 3 is 2.25 bits per heavy atom. The van der Waals surface area contributed by atoms with Crippen molar-refractivity contribution in [2.75, 3.05) is 31.1 Å². The maximum atomic E-state index is 11.1. The van der Waals surface area contributed by atoms with Gasteiger partial charge in [0, 0.05) is 47.5 Å². The lowest BCUT2D eigenvalue weighted by molar-refractivity contribution is 0.142. The number of amides is 1. The van der Waals surface area contributed by atoms with Crippen LogP contribution in [0.4, 0.5) is 10.5 Å². The molecule has 124 valence electrons. The second-order valence-electron chi connectivity index (χ2n) is 5.66. The number of hydrogen-bond donors (Lipinski definition) is 2. The van der Waals surface area contributed by atoms with Crippen LogP contribution < -0.4 is 4.90 Å². The number of nitrogens with one attached hydrogen (secondary N) is 1. The van der Waals surface area contributed by atoms with E-state index in [1.54, 1.807) is 0 Å². The van der Waals surface area contributed by atoms with Crippen molar-refractivity contribution < 1.29 is 9.90 Å². The predicted molar refractivity (Wildman–Crippen MR) is 98.3 cm³/mol. The highest BCUT2D eigenvalue weighted by Gasteiger charge is 2.22. The molecule has 1 saturated heterocycles. The smallest absolute Gasteiger partial charge is 0.407 e. The van der Waals surface area contributed by atoms with E-state index >= 15 is 0 Å². The van der Waals surface area contributed by atoms with Gasteiger partial charge in [0.2, 0.25) is 0 Å². The van der Waals surface area contributed by atoms with E-state index in [9.17, 15) is 4.79 Å². The van der Waals surface area contributed by atoms with Crippen LogP contribution >= 0.6 is 15.9 Å². The minimum absolute atomic E-state index is 0.471. The Kier molecular flexibility index (Phi) is 4.85. The van der Waals surface area contributed by atoms with Crippen molar-refractivity contribution in [1.29, 1.82) is 5.41 Å². The molecule has 1 heterocycles. The Morgan fingerprint density at radius 1 is 1.00 bits per heavy atom. The molecular formula is C18H18BrN3O2. The van der Waals surface area contributed by atoms with Crippen molar-refractivity contribution in [1.82, 2.24) is 4.90 Å². The molecule has 2 aromatic carbocycles. The van der Waals surface area contributed by atoms with Gasteiger partial charge in [-0.25, -0.2) is 4.79 Å². The van der Waals surface area contributed by atoms with E-state index in [-0.39, 0.29) is 0 Å². The number of carbonyl (C=O) groups is 1. The number of anilines is 1. The van der Waals surface area contributed by atoms with E-state index in [0.29, 0.717) is 31.9 Å². The summed E-state index contributed by atoms with van der Waals surface area (Å²) in [7, 11) is 0. The first-order valence-corrected chi connectivity index (χ1v) is 8.52. The van der Waals surface area contributed by atoms with Crippen molar-refractivity contribution in [3.05, 3.63) is 64.1 Å². The molecule has 1 amide bonds. The van der Waals surface area contributed by atoms with Crippen LogP contribution in [0.15, 0.2) is 53.0 Å². The summed E-state index contributed by atoms with van der Waals surface area (Å²) < 4.78 is 0.983. The van der Waals surface area contributed by atoms with Crippen LogP contribution in [0.25, 0.3) is 0 Å². The summed E-state index contributed by atoms with van der Waals surface area (Å²) in [6.07, 6.45) is -0.870. The first kappa shape index (κ1) is 16.5. The van der Waals surface area contributed by atoms with E-state index in [1.165, 1.54) is 4.90 Å². The maximum Gasteiger partial charge on any atom is 0.407 e. The molecule has 2 aromatic rings. The Bertz CT molecular complexity index is 753. The average molecular weight is 388 g/mol. The van der Waals surface area contributed by atoms with Gasteiger partial charge in [0.1, 0.15) is 0 Å². The lowest BCUT2D eigenvalue weighted by Crippen LogP contribution is -2.48. The number of nitrogens with zero attached hydrogens (tertiary/aromatic N) is 2. The molecule has 0 aromatic heterocycles. The molecule has 0 aliphatic carbocycles. The lowest BCUT2D eigenvalue weighted by Gasteiger charge is -2.35. The van der Waals surface area contributed by atoms with Crippen molar-refractivity contribution >= 4 is 33.4 Å². The van der Waals surface area contributed by atoms with Crippen molar-refractivity contribution in [3.63, 3.8) is 0 Å². The number of rotatable bonds is 3. The summed E-state index contributed by atoms with van der Waals surface area (Å²) >= 11 is 3.41. The highest BCUT2D eigenvalue weighted by atomic mass is 79.9. The zero-order chi connectivity index (χ0) is 17.1. The minimum atomic E-state index is -0.870. The molecule has 0 unspecified atom stereocenters. The standard InChI is InChI=1S/C18H18BrN3O2/c19-14-7-5-13(6-8-14)17(20)15-3-1-2-4-16(15)21-9-11-22(12-10-21)18(23)24/h1-8,20H,9-12H2,(H,23,24). The molecule has 0 saturated carbocycles. The largest absolute Gasteiger partial charge is 0.465 e. The van der Waals surface area contributed by atoms with Gasteiger partial charge in [-0.3, -0.25) is 5.41 Å². The Morgan fingerprint density at radius 2 is 1.62 bits per heavy atom. The van der Waals surface area contributed by atoms with Crippen LogP contribution in [0.1, 0.15) is 11.1 Å². The number of benzene rings is 2. The van der Waals surface area contributed by atoms with Gasteiger partial charge in [-0.2, -0.15) is 0 Å². The zero-order valence-corrected chi connectivity index (χ0v) is 14.7. The van der Waals surface area contributed by atoms with Crippen LogP contribution in [0.2, 0.25) is 0 Å². The number of piperazine rings is 1. The third-order valence-electron chi connectivity index (χ3n) is 4.20. The second-order valence-corrected chi connectivity index (χ2v) is 6.57. The molecule has 5 nitrogen and oxygen atoms in total. The minimum Gasteiger partial charge on any atom is -0.465 e. The Labute approximate surface area is 149 Å². The maximum absolute atomic E-state index is 11.1. The SMILES string of the molecule is N=C(c1ccc(Br)cc1)c1ccccc1N1CCN(C(=O)O)CC1. The van der Waals surface area contributed by atoms with Crippen LogP contribution in [-0.4, -0.2) is 48.0 Å². The van der Waals surface area contributed by atoms with Gasteiger partial charge in [-0.15, -0.1) is 0 Å². The second kappa shape index (κ2) is 7.05. The van der Waals surface area contributed by atoms with Gasteiger partial charge in [0.15, 0.2) is 0 Å². The summed E-state index contributed by atoms with van der Waals surface area (Å²) in [6.45, 7) is 2.23. The monoisotopic (exact) mass is 387 g/mol. The normalized spacial score (nSPS) is 14.5. The third-order valence-corrected chi connectivity index (χ3v) is 4.73. The van der Waals surface area contributed by atoms with Crippen LogP contribution in [-0.2, 0) is 0 Å². The molecule has 0 spiro atoms. The van der Waals surface area contributed by atoms with E-state index in [4.69, 9.17) is 10.5 Å². The molecule has 0 atom stereocenters. The lowest BCUT2D eigenvalue weighted by atomic mass is 10.00. The van der Waals surface area contributed by atoms with Gasteiger partial charge in [0.05, 0.1) is 5.71 Å². The molecule has 1 aliphatic rings. The summed E-state index contributed by atoms with van der Waals surface area (Å²) in [5.74, 6) is 0. The quantitative estimate of drug-likeness (QED) is 0.789. The molecular weight excluding hydrogens is 370 g/mol. The zero-order valence-electron chi connectivity index (χ0n) is 13.1. The molecule has 3 rings (SSSR count). The highest BCUT2D eigenvalue weighted by molar-refractivity contribution is 9.10. The van der Waals surface area contributed by atoms with E-state index in [1.807, 2.05) is 48.5 Å². The molecule has 0 radical (unpaired) electrons. The molecule has 0 bridgehead atoms. The molecule has 1 aliphatic heterocycles. The van der Waals surface area contributed by atoms with Crippen LogP contribution in [0.3, 0.4) is 0 Å². The predicted octanol–water partition coefficient (Wildman–Crippen LogP) is 3.67.